The minimum absolute atomic E-state index is 0.0699. The fourth-order valence-electron chi connectivity index (χ4n) is 3.47. The minimum atomic E-state index is -0.381. The molecule has 0 fully saturated rings. The third kappa shape index (κ3) is 4.95. The second-order valence-electron chi connectivity index (χ2n) is 8.26. The van der Waals surface area contributed by atoms with Crippen LogP contribution in [0.25, 0.3) is 11.0 Å². The number of benzene rings is 2. The van der Waals surface area contributed by atoms with Gasteiger partial charge in [0.15, 0.2) is 0 Å². The number of aromatic nitrogens is 2. The molecule has 2 aromatic carbocycles. The van der Waals surface area contributed by atoms with E-state index in [1.807, 2.05) is 6.92 Å². The van der Waals surface area contributed by atoms with Gasteiger partial charge in [-0.05, 0) is 48.1 Å². The third-order valence-corrected chi connectivity index (χ3v) is 5.24. The average Bonchev–Trinajstić information content (AvgIpc) is 3.05. The van der Waals surface area contributed by atoms with Gasteiger partial charge in [-0.1, -0.05) is 52.0 Å². The standard InChI is InChI=1S/C23H30N4O2/c1-13(2)16-6-8-17(9-7-16)21(14(3)4)24-15(5)22(28)25-18-10-11-19-20(12-18)27-23(29)26-19/h6-15,21,24H,1-5H3,(H,25,28)(H2,26,27,29)/t15-,21+/m0/s1. The molecule has 0 radical (unpaired) electrons. The predicted molar refractivity (Wildman–Crippen MR) is 118 cm³/mol. The van der Waals surface area contributed by atoms with E-state index in [1.54, 1.807) is 18.2 Å². The molecule has 0 saturated heterocycles. The fourth-order valence-corrected chi connectivity index (χ4v) is 3.47. The number of hydrogen-bond donors (Lipinski definition) is 4. The van der Waals surface area contributed by atoms with Gasteiger partial charge in [0.25, 0.3) is 0 Å². The molecule has 0 aliphatic heterocycles. The van der Waals surface area contributed by atoms with Crippen LogP contribution in [0.2, 0.25) is 0 Å². The number of carbonyl (C=O) groups excluding carboxylic acids is 1. The lowest BCUT2D eigenvalue weighted by atomic mass is 9.93. The molecule has 0 saturated carbocycles. The highest BCUT2D eigenvalue weighted by Crippen LogP contribution is 2.25. The van der Waals surface area contributed by atoms with Crippen LogP contribution >= 0.6 is 0 Å². The summed E-state index contributed by atoms with van der Waals surface area (Å²) in [6.07, 6.45) is 0. The van der Waals surface area contributed by atoms with Gasteiger partial charge in [0.2, 0.25) is 5.91 Å². The Labute approximate surface area is 171 Å². The second kappa shape index (κ2) is 8.66. The highest BCUT2D eigenvalue weighted by Gasteiger charge is 2.22. The summed E-state index contributed by atoms with van der Waals surface area (Å²) in [5.74, 6) is 0.703. The first-order valence-corrected chi connectivity index (χ1v) is 10.1. The van der Waals surface area contributed by atoms with E-state index < -0.39 is 0 Å². The molecule has 6 heteroatoms. The number of aromatic amines is 2. The number of hydrogen-bond acceptors (Lipinski definition) is 3. The SMILES string of the molecule is CC(C)c1ccc([C@H](N[C@@H](C)C(=O)Nc2ccc3[nH]c(=O)[nH]c3c2)C(C)C)cc1. The van der Waals surface area contributed by atoms with Crippen molar-refractivity contribution in [3.8, 4) is 0 Å². The zero-order chi connectivity index (χ0) is 21.1. The van der Waals surface area contributed by atoms with Gasteiger partial charge in [0, 0.05) is 11.7 Å². The van der Waals surface area contributed by atoms with Crippen LogP contribution in [-0.4, -0.2) is 21.9 Å². The van der Waals surface area contributed by atoms with Crippen molar-refractivity contribution in [3.05, 3.63) is 64.1 Å². The molecule has 0 bridgehead atoms. The molecule has 2 atom stereocenters. The van der Waals surface area contributed by atoms with Crippen molar-refractivity contribution in [1.29, 1.82) is 0 Å². The largest absolute Gasteiger partial charge is 0.325 e. The molecule has 0 unspecified atom stereocenters. The molecule has 3 rings (SSSR count). The lowest BCUT2D eigenvalue weighted by molar-refractivity contribution is -0.118. The van der Waals surface area contributed by atoms with Crippen molar-refractivity contribution in [3.63, 3.8) is 0 Å². The van der Waals surface area contributed by atoms with Gasteiger partial charge < -0.3 is 15.3 Å². The normalized spacial score (nSPS) is 13.8. The third-order valence-electron chi connectivity index (χ3n) is 5.24. The number of amides is 1. The topological polar surface area (TPSA) is 89.8 Å². The Morgan fingerprint density at radius 3 is 2.10 bits per heavy atom. The van der Waals surface area contributed by atoms with Crippen molar-refractivity contribution >= 4 is 22.6 Å². The molecule has 154 valence electrons. The Hall–Kier alpha value is -2.86. The van der Waals surface area contributed by atoms with Gasteiger partial charge in [-0.2, -0.15) is 0 Å². The summed E-state index contributed by atoms with van der Waals surface area (Å²) < 4.78 is 0. The number of carbonyl (C=O) groups is 1. The van der Waals surface area contributed by atoms with Gasteiger partial charge in [0.1, 0.15) is 0 Å². The van der Waals surface area contributed by atoms with Crippen molar-refractivity contribution in [1.82, 2.24) is 15.3 Å². The molecule has 0 aliphatic carbocycles. The molecule has 0 spiro atoms. The molecule has 1 aromatic heterocycles. The van der Waals surface area contributed by atoms with Crippen LogP contribution in [0.5, 0.6) is 0 Å². The smallest absolute Gasteiger partial charge is 0.323 e. The highest BCUT2D eigenvalue weighted by atomic mass is 16.2. The molecule has 1 heterocycles. The predicted octanol–water partition coefficient (Wildman–Crippen LogP) is 4.29. The first-order chi connectivity index (χ1) is 13.7. The van der Waals surface area contributed by atoms with Gasteiger partial charge in [0.05, 0.1) is 17.1 Å². The minimum Gasteiger partial charge on any atom is -0.325 e. The Morgan fingerprint density at radius 1 is 0.862 bits per heavy atom. The van der Waals surface area contributed by atoms with Crippen molar-refractivity contribution in [2.24, 2.45) is 5.92 Å². The molecular weight excluding hydrogens is 364 g/mol. The van der Waals surface area contributed by atoms with Gasteiger partial charge >= 0.3 is 5.69 Å². The first kappa shape index (κ1) is 20.9. The first-order valence-electron chi connectivity index (χ1n) is 10.1. The summed E-state index contributed by atoms with van der Waals surface area (Å²) in [6.45, 7) is 10.5. The van der Waals surface area contributed by atoms with Gasteiger partial charge in [-0.15, -0.1) is 0 Å². The summed E-state index contributed by atoms with van der Waals surface area (Å²) >= 11 is 0. The lowest BCUT2D eigenvalue weighted by Crippen LogP contribution is -2.41. The fraction of sp³-hybridized carbons (Fsp3) is 0.391. The van der Waals surface area contributed by atoms with E-state index in [1.165, 1.54) is 11.1 Å². The van der Waals surface area contributed by atoms with Crippen LogP contribution in [0, 0.1) is 5.92 Å². The summed E-state index contributed by atoms with van der Waals surface area (Å²) in [6, 6.07) is 13.6. The molecule has 3 aromatic rings. The Balaban J connectivity index is 1.70. The van der Waals surface area contributed by atoms with Gasteiger partial charge in [-0.25, -0.2) is 4.79 Å². The monoisotopic (exact) mass is 394 g/mol. The number of H-pyrrole nitrogens is 2. The highest BCUT2D eigenvalue weighted by molar-refractivity contribution is 5.96. The summed E-state index contributed by atoms with van der Waals surface area (Å²) in [5.41, 5.74) is 4.24. The molecule has 4 N–H and O–H groups in total. The number of imidazole rings is 1. The van der Waals surface area contributed by atoms with E-state index in [4.69, 9.17) is 0 Å². The van der Waals surface area contributed by atoms with E-state index in [9.17, 15) is 9.59 Å². The Morgan fingerprint density at radius 2 is 1.48 bits per heavy atom. The van der Waals surface area contributed by atoms with Gasteiger partial charge in [-0.3, -0.25) is 10.1 Å². The van der Waals surface area contributed by atoms with Crippen molar-refractivity contribution in [2.45, 2.75) is 52.6 Å². The maximum absolute atomic E-state index is 12.7. The zero-order valence-electron chi connectivity index (χ0n) is 17.7. The maximum atomic E-state index is 12.7. The van der Waals surface area contributed by atoms with E-state index in [0.717, 1.165) is 0 Å². The maximum Gasteiger partial charge on any atom is 0.323 e. The van der Waals surface area contributed by atoms with E-state index in [-0.39, 0.29) is 23.7 Å². The number of rotatable bonds is 7. The Kier molecular flexibility index (Phi) is 6.23. The number of fused-ring (bicyclic) bond motifs is 1. The van der Waals surface area contributed by atoms with Crippen LogP contribution < -0.4 is 16.3 Å². The molecule has 1 amide bonds. The molecule has 0 aliphatic rings. The van der Waals surface area contributed by atoms with Crippen molar-refractivity contribution in [2.75, 3.05) is 5.32 Å². The van der Waals surface area contributed by atoms with Crippen molar-refractivity contribution < 1.29 is 4.79 Å². The molecular formula is C23H30N4O2. The van der Waals surface area contributed by atoms with E-state index in [0.29, 0.717) is 28.6 Å². The van der Waals surface area contributed by atoms with Crippen LogP contribution in [0.15, 0.2) is 47.3 Å². The van der Waals surface area contributed by atoms with Crippen LogP contribution in [0.4, 0.5) is 5.69 Å². The Bertz CT molecular complexity index is 1030. The van der Waals surface area contributed by atoms with Crippen LogP contribution in [0.3, 0.4) is 0 Å². The summed E-state index contributed by atoms with van der Waals surface area (Å²) in [4.78, 5) is 29.5. The van der Waals surface area contributed by atoms with E-state index >= 15 is 0 Å². The second-order valence-corrected chi connectivity index (χ2v) is 8.26. The summed E-state index contributed by atoms with van der Waals surface area (Å²) in [7, 11) is 0. The average molecular weight is 395 g/mol. The quantitative estimate of drug-likeness (QED) is 0.482. The van der Waals surface area contributed by atoms with E-state index in [2.05, 4.69) is 72.6 Å². The number of anilines is 1. The number of nitrogens with one attached hydrogen (secondary N) is 4. The molecule has 29 heavy (non-hydrogen) atoms. The zero-order valence-corrected chi connectivity index (χ0v) is 17.7. The molecule has 6 nitrogen and oxygen atoms in total. The lowest BCUT2D eigenvalue weighted by Gasteiger charge is -2.27. The van der Waals surface area contributed by atoms with Crippen LogP contribution in [-0.2, 0) is 4.79 Å². The summed E-state index contributed by atoms with van der Waals surface area (Å²) in [5, 5.41) is 6.39. The van der Waals surface area contributed by atoms with Crippen LogP contribution in [0.1, 0.15) is 57.7 Å².